The summed E-state index contributed by atoms with van der Waals surface area (Å²) in [6, 6.07) is 6.91. The molecule has 1 fully saturated rings. The molecule has 0 amide bonds. The van der Waals surface area contributed by atoms with Gasteiger partial charge in [-0.1, -0.05) is 12.5 Å². The van der Waals surface area contributed by atoms with Crippen LogP contribution < -0.4 is 5.32 Å². The first-order valence-electron chi connectivity index (χ1n) is 6.99. The van der Waals surface area contributed by atoms with Crippen molar-refractivity contribution < 1.29 is 4.21 Å². The highest BCUT2D eigenvalue weighted by atomic mass is 32.2. The third-order valence-electron chi connectivity index (χ3n) is 4.40. The molecule has 2 aliphatic rings. The molecule has 3 rings (SSSR count). The summed E-state index contributed by atoms with van der Waals surface area (Å²) < 4.78 is 12.7. The molecule has 1 aromatic carbocycles. The molecule has 0 bridgehead atoms. The van der Waals surface area contributed by atoms with Crippen molar-refractivity contribution >= 4 is 10.8 Å². The van der Waals surface area contributed by atoms with Crippen LogP contribution in [0.15, 0.2) is 23.1 Å². The summed E-state index contributed by atoms with van der Waals surface area (Å²) in [5.74, 6) is 0. The van der Waals surface area contributed by atoms with E-state index in [4.69, 9.17) is 0 Å². The van der Waals surface area contributed by atoms with Crippen LogP contribution in [-0.4, -0.2) is 22.5 Å². The van der Waals surface area contributed by atoms with E-state index in [2.05, 4.69) is 23.5 Å². The van der Waals surface area contributed by atoms with Crippen molar-refractivity contribution in [3.05, 3.63) is 29.3 Å². The van der Waals surface area contributed by atoms with E-state index in [0.717, 1.165) is 17.7 Å². The summed E-state index contributed by atoms with van der Waals surface area (Å²) >= 11 is 0. The van der Waals surface area contributed by atoms with Gasteiger partial charge in [0.2, 0.25) is 0 Å². The second-order valence-electron chi connectivity index (χ2n) is 5.45. The largest absolute Gasteiger partial charge is 0.316 e. The van der Waals surface area contributed by atoms with E-state index < -0.39 is 10.8 Å². The van der Waals surface area contributed by atoms with Crippen molar-refractivity contribution in [2.75, 3.05) is 7.05 Å². The average Bonchev–Trinajstić information content (AvgIpc) is 3.05. The Kier molecular flexibility index (Phi) is 3.53. The van der Waals surface area contributed by atoms with Crippen LogP contribution in [0.1, 0.15) is 36.8 Å². The molecule has 0 aliphatic heterocycles. The molecule has 1 saturated carbocycles. The standard InChI is InChI=1S/C15H21NOS/c1-16-14-6-3-7-15(14)18(17)13-9-8-11-4-2-5-12(11)10-13/h8-10,14-16H,2-7H2,1H3. The predicted octanol–water partition coefficient (Wildman–Crippen LogP) is 2.42. The fourth-order valence-electron chi connectivity index (χ4n) is 3.36. The van der Waals surface area contributed by atoms with Crippen LogP contribution >= 0.6 is 0 Å². The number of benzene rings is 1. The first kappa shape index (κ1) is 12.4. The summed E-state index contributed by atoms with van der Waals surface area (Å²) in [4.78, 5) is 1.04. The molecule has 3 atom stereocenters. The van der Waals surface area contributed by atoms with E-state index >= 15 is 0 Å². The Morgan fingerprint density at radius 3 is 2.83 bits per heavy atom. The van der Waals surface area contributed by atoms with Crippen molar-refractivity contribution in [1.29, 1.82) is 0 Å². The summed E-state index contributed by atoms with van der Waals surface area (Å²) in [6.07, 6.45) is 7.08. The van der Waals surface area contributed by atoms with Gasteiger partial charge in [-0.25, -0.2) is 0 Å². The molecule has 0 spiro atoms. The van der Waals surface area contributed by atoms with Crippen LogP contribution in [0.4, 0.5) is 0 Å². The first-order chi connectivity index (χ1) is 8.79. The molecular formula is C15H21NOS. The van der Waals surface area contributed by atoms with Crippen LogP contribution in [0.25, 0.3) is 0 Å². The molecule has 98 valence electrons. The molecule has 2 nitrogen and oxygen atoms in total. The van der Waals surface area contributed by atoms with Gasteiger partial charge in [0, 0.05) is 10.9 Å². The van der Waals surface area contributed by atoms with E-state index in [1.54, 1.807) is 0 Å². The van der Waals surface area contributed by atoms with Gasteiger partial charge in [-0.2, -0.15) is 0 Å². The van der Waals surface area contributed by atoms with Gasteiger partial charge in [-0.05, 0) is 62.4 Å². The Morgan fingerprint density at radius 2 is 2.00 bits per heavy atom. The second-order valence-corrected chi connectivity index (χ2v) is 7.12. The maximum Gasteiger partial charge on any atom is 0.0576 e. The molecule has 0 saturated heterocycles. The minimum Gasteiger partial charge on any atom is -0.316 e. The lowest BCUT2D eigenvalue weighted by molar-refractivity contribution is 0.576. The van der Waals surface area contributed by atoms with Gasteiger partial charge >= 0.3 is 0 Å². The molecule has 18 heavy (non-hydrogen) atoms. The quantitative estimate of drug-likeness (QED) is 0.907. The maximum atomic E-state index is 12.7. The highest BCUT2D eigenvalue weighted by molar-refractivity contribution is 7.85. The maximum absolute atomic E-state index is 12.7. The van der Waals surface area contributed by atoms with E-state index in [-0.39, 0.29) is 0 Å². The van der Waals surface area contributed by atoms with Crippen molar-refractivity contribution in [3.8, 4) is 0 Å². The number of hydrogen-bond acceptors (Lipinski definition) is 2. The fraction of sp³-hybridized carbons (Fsp3) is 0.600. The Labute approximate surface area is 112 Å². The minimum atomic E-state index is -0.844. The zero-order chi connectivity index (χ0) is 12.5. The van der Waals surface area contributed by atoms with E-state index in [1.165, 1.54) is 36.8 Å². The number of rotatable bonds is 3. The molecule has 3 heteroatoms. The summed E-state index contributed by atoms with van der Waals surface area (Å²) in [7, 11) is 1.15. The van der Waals surface area contributed by atoms with Gasteiger partial charge in [0.15, 0.2) is 0 Å². The van der Waals surface area contributed by atoms with Crippen LogP contribution in [0.2, 0.25) is 0 Å². The Bertz CT molecular complexity index is 472. The van der Waals surface area contributed by atoms with E-state index in [1.807, 2.05) is 7.05 Å². The first-order valence-corrected chi connectivity index (χ1v) is 8.20. The number of nitrogens with one attached hydrogen (secondary N) is 1. The fourth-order valence-corrected chi connectivity index (χ4v) is 5.12. The van der Waals surface area contributed by atoms with Gasteiger partial charge in [0.25, 0.3) is 0 Å². The van der Waals surface area contributed by atoms with Gasteiger partial charge in [-0.3, -0.25) is 4.21 Å². The van der Waals surface area contributed by atoms with Gasteiger partial charge in [0.05, 0.1) is 16.0 Å². The van der Waals surface area contributed by atoms with Crippen LogP contribution in [0.5, 0.6) is 0 Å². The third kappa shape index (κ3) is 2.14. The minimum absolute atomic E-state index is 0.300. The molecule has 3 unspecified atom stereocenters. The Balaban J connectivity index is 1.84. The molecule has 0 heterocycles. The summed E-state index contributed by atoms with van der Waals surface area (Å²) in [6.45, 7) is 0. The number of aryl methyl sites for hydroxylation is 2. The zero-order valence-electron chi connectivity index (χ0n) is 10.9. The molecule has 0 aromatic heterocycles. The van der Waals surface area contributed by atoms with Crippen LogP contribution in [0, 0.1) is 0 Å². The van der Waals surface area contributed by atoms with Gasteiger partial charge in [-0.15, -0.1) is 0 Å². The van der Waals surface area contributed by atoms with E-state index in [9.17, 15) is 4.21 Å². The van der Waals surface area contributed by atoms with Crippen molar-refractivity contribution in [3.63, 3.8) is 0 Å². The SMILES string of the molecule is CNC1CCCC1S(=O)c1ccc2c(c1)CCC2. The zero-order valence-corrected chi connectivity index (χ0v) is 11.8. The molecular weight excluding hydrogens is 242 g/mol. The highest BCUT2D eigenvalue weighted by Crippen LogP contribution is 2.30. The summed E-state index contributed by atoms with van der Waals surface area (Å²) in [5.41, 5.74) is 2.90. The third-order valence-corrected chi connectivity index (χ3v) is 6.23. The molecule has 1 aromatic rings. The van der Waals surface area contributed by atoms with Gasteiger partial charge in [0.1, 0.15) is 0 Å². The molecule has 0 radical (unpaired) electrons. The smallest absolute Gasteiger partial charge is 0.0576 e. The normalized spacial score (nSPS) is 28.3. The van der Waals surface area contributed by atoms with Gasteiger partial charge < -0.3 is 5.32 Å². The lowest BCUT2D eigenvalue weighted by Gasteiger charge is -2.18. The van der Waals surface area contributed by atoms with Crippen LogP contribution in [0.3, 0.4) is 0 Å². The van der Waals surface area contributed by atoms with E-state index in [0.29, 0.717) is 11.3 Å². The predicted molar refractivity (Wildman–Crippen MR) is 75.4 cm³/mol. The lowest BCUT2D eigenvalue weighted by atomic mass is 10.1. The number of fused-ring (bicyclic) bond motifs is 1. The average molecular weight is 263 g/mol. The summed E-state index contributed by atoms with van der Waals surface area (Å²) in [5, 5.41) is 3.62. The number of hydrogen-bond donors (Lipinski definition) is 1. The topological polar surface area (TPSA) is 29.1 Å². The molecule has 1 N–H and O–H groups in total. The Morgan fingerprint density at radius 1 is 1.17 bits per heavy atom. The van der Waals surface area contributed by atoms with Crippen molar-refractivity contribution in [1.82, 2.24) is 5.32 Å². The van der Waals surface area contributed by atoms with Crippen molar-refractivity contribution in [2.45, 2.75) is 54.7 Å². The molecule has 2 aliphatic carbocycles. The van der Waals surface area contributed by atoms with Crippen molar-refractivity contribution in [2.24, 2.45) is 0 Å². The van der Waals surface area contributed by atoms with Crippen LogP contribution in [-0.2, 0) is 23.6 Å². The monoisotopic (exact) mass is 263 g/mol. The highest BCUT2D eigenvalue weighted by Gasteiger charge is 2.31. The second kappa shape index (κ2) is 5.14. The Hall–Kier alpha value is -0.670. The lowest BCUT2D eigenvalue weighted by Crippen LogP contribution is -2.35.